The highest BCUT2D eigenvalue weighted by atomic mass is 32.1. The van der Waals surface area contributed by atoms with Gasteiger partial charge in [0, 0.05) is 48.4 Å². The van der Waals surface area contributed by atoms with Crippen LogP contribution in [0.1, 0.15) is 29.1 Å². The molecule has 0 radical (unpaired) electrons. The van der Waals surface area contributed by atoms with Crippen molar-refractivity contribution in [3.8, 4) is 11.5 Å². The standard InChI is InChI=1S/C18H22N6S/c1-13-8-22-18(23-13)17-16(20-4-5-21-17)7-14-3-2-6-24(10-14)11-15-9-19-12-25-15/h4-5,8-9,12,14H,2-3,6-7,10-11H2,1H3,(H,22,23)/t14-/m1/s1. The zero-order valence-electron chi connectivity index (χ0n) is 14.4. The minimum absolute atomic E-state index is 0.605. The Bertz CT molecular complexity index is 813. The normalized spacial score (nSPS) is 18.5. The van der Waals surface area contributed by atoms with Crippen LogP contribution < -0.4 is 0 Å². The first kappa shape index (κ1) is 16.4. The number of likely N-dealkylation sites (tertiary alicyclic amines) is 1. The molecule has 0 spiro atoms. The Morgan fingerprint density at radius 3 is 2.96 bits per heavy atom. The van der Waals surface area contributed by atoms with E-state index in [4.69, 9.17) is 0 Å². The van der Waals surface area contributed by atoms with Crippen LogP contribution in [0.2, 0.25) is 0 Å². The van der Waals surface area contributed by atoms with Gasteiger partial charge < -0.3 is 4.98 Å². The fraction of sp³-hybridized carbons (Fsp3) is 0.444. The van der Waals surface area contributed by atoms with Crippen LogP contribution >= 0.6 is 11.3 Å². The lowest BCUT2D eigenvalue weighted by atomic mass is 9.92. The Hall–Kier alpha value is -2.12. The maximum atomic E-state index is 4.61. The van der Waals surface area contributed by atoms with Gasteiger partial charge in [0.25, 0.3) is 0 Å². The Labute approximate surface area is 151 Å². The average molecular weight is 354 g/mol. The van der Waals surface area contributed by atoms with Gasteiger partial charge in [0.1, 0.15) is 5.69 Å². The third-order valence-corrected chi connectivity index (χ3v) is 5.41. The van der Waals surface area contributed by atoms with Gasteiger partial charge in [0.05, 0.1) is 11.2 Å². The van der Waals surface area contributed by atoms with Gasteiger partial charge in [-0.2, -0.15) is 0 Å². The maximum Gasteiger partial charge on any atom is 0.158 e. The van der Waals surface area contributed by atoms with Gasteiger partial charge in [-0.05, 0) is 38.6 Å². The van der Waals surface area contributed by atoms with Crippen molar-refractivity contribution in [2.75, 3.05) is 13.1 Å². The zero-order chi connectivity index (χ0) is 17.1. The lowest BCUT2D eigenvalue weighted by Gasteiger charge is -2.32. The van der Waals surface area contributed by atoms with E-state index in [9.17, 15) is 0 Å². The summed E-state index contributed by atoms with van der Waals surface area (Å²) >= 11 is 1.74. The van der Waals surface area contributed by atoms with Crippen molar-refractivity contribution in [2.24, 2.45) is 5.92 Å². The molecule has 3 aromatic heterocycles. The number of hydrogen-bond acceptors (Lipinski definition) is 6. The number of piperidine rings is 1. The number of nitrogens with zero attached hydrogens (tertiary/aromatic N) is 5. The molecule has 1 aliphatic rings. The predicted molar refractivity (Wildman–Crippen MR) is 98.2 cm³/mol. The van der Waals surface area contributed by atoms with Crippen molar-refractivity contribution in [1.29, 1.82) is 0 Å². The molecule has 7 heteroatoms. The Morgan fingerprint density at radius 2 is 2.16 bits per heavy atom. The van der Waals surface area contributed by atoms with E-state index in [-0.39, 0.29) is 0 Å². The number of aromatic amines is 1. The van der Waals surface area contributed by atoms with Crippen molar-refractivity contribution >= 4 is 11.3 Å². The van der Waals surface area contributed by atoms with Gasteiger partial charge in [-0.15, -0.1) is 11.3 Å². The predicted octanol–water partition coefficient (Wildman–Crippen LogP) is 3.09. The van der Waals surface area contributed by atoms with Crippen LogP contribution in [0.25, 0.3) is 11.5 Å². The van der Waals surface area contributed by atoms with E-state index >= 15 is 0 Å². The maximum absolute atomic E-state index is 4.61. The van der Waals surface area contributed by atoms with Crippen LogP contribution in [0.4, 0.5) is 0 Å². The number of imidazole rings is 1. The smallest absolute Gasteiger partial charge is 0.158 e. The monoisotopic (exact) mass is 354 g/mol. The second-order valence-corrected chi connectivity index (χ2v) is 7.65. The largest absolute Gasteiger partial charge is 0.341 e. The molecule has 1 fully saturated rings. The summed E-state index contributed by atoms with van der Waals surface area (Å²) < 4.78 is 0. The van der Waals surface area contributed by atoms with Crippen LogP contribution in [0, 0.1) is 12.8 Å². The first-order valence-corrected chi connectivity index (χ1v) is 9.57. The molecule has 1 saturated heterocycles. The third-order valence-electron chi connectivity index (χ3n) is 4.65. The number of thiazole rings is 1. The molecule has 1 aliphatic heterocycles. The highest BCUT2D eigenvalue weighted by Gasteiger charge is 2.23. The fourth-order valence-corrected chi connectivity index (χ4v) is 4.16. The van der Waals surface area contributed by atoms with Gasteiger partial charge in [-0.25, -0.2) is 9.97 Å². The fourth-order valence-electron chi connectivity index (χ4n) is 3.52. The van der Waals surface area contributed by atoms with Gasteiger partial charge >= 0.3 is 0 Å². The first-order chi connectivity index (χ1) is 12.3. The molecule has 0 unspecified atom stereocenters. The van der Waals surface area contributed by atoms with E-state index < -0.39 is 0 Å². The van der Waals surface area contributed by atoms with Crippen molar-refractivity contribution < 1.29 is 0 Å². The summed E-state index contributed by atoms with van der Waals surface area (Å²) in [6, 6.07) is 0. The highest BCUT2D eigenvalue weighted by Crippen LogP contribution is 2.25. The van der Waals surface area contributed by atoms with Gasteiger partial charge in [0.15, 0.2) is 5.82 Å². The van der Waals surface area contributed by atoms with Crippen LogP contribution in [-0.2, 0) is 13.0 Å². The number of H-pyrrole nitrogens is 1. The van der Waals surface area contributed by atoms with Gasteiger partial charge in [0.2, 0.25) is 0 Å². The molecule has 3 aromatic rings. The van der Waals surface area contributed by atoms with E-state index in [0.717, 1.165) is 42.4 Å². The molecule has 0 amide bonds. The minimum atomic E-state index is 0.605. The average Bonchev–Trinajstić information content (AvgIpc) is 3.27. The molecule has 4 rings (SSSR count). The van der Waals surface area contributed by atoms with Crippen LogP contribution in [0.15, 0.2) is 30.3 Å². The summed E-state index contributed by atoms with van der Waals surface area (Å²) in [5.74, 6) is 1.42. The van der Waals surface area contributed by atoms with E-state index in [1.807, 2.05) is 24.8 Å². The molecule has 25 heavy (non-hydrogen) atoms. The van der Waals surface area contributed by atoms with E-state index in [0.29, 0.717) is 5.92 Å². The molecule has 1 N–H and O–H groups in total. The Balaban J connectivity index is 1.47. The van der Waals surface area contributed by atoms with Crippen molar-refractivity contribution in [3.05, 3.63) is 46.6 Å². The minimum Gasteiger partial charge on any atom is -0.341 e. The van der Waals surface area contributed by atoms with E-state index in [1.165, 1.54) is 24.3 Å². The second-order valence-electron chi connectivity index (χ2n) is 6.68. The highest BCUT2D eigenvalue weighted by molar-refractivity contribution is 7.09. The molecule has 0 bridgehead atoms. The zero-order valence-corrected chi connectivity index (χ0v) is 15.2. The second kappa shape index (κ2) is 7.41. The molecule has 0 saturated carbocycles. The number of rotatable bonds is 5. The van der Waals surface area contributed by atoms with Crippen molar-refractivity contribution in [1.82, 2.24) is 29.8 Å². The van der Waals surface area contributed by atoms with E-state index in [1.54, 1.807) is 23.7 Å². The summed E-state index contributed by atoms with van der Waals surface area (Å²) in [5, 5.41) is 0. The Kier molecular flexibility index (Phi) is 4.85. The molecule has 4 heterocycles. The molecule has 0 aromatic carbocycles. The topological polar surface area (TPSA) is 70.6 Å². The summed E-state index contributed by atoms with van der Waals surface area (Å²) in [4.78, 5) is 24.9. The number of hydrogen-bond donors (Lipinski definition) is 1. The molecular formula is C18H22N6S. The molecule has 6 nitrogen and oxygen atoms in total. The quantitative estimate of drug-likeness (QED) is 0.762. The molecule has 0 aliphatic carbocycles. The van der Waals surface area contributed by atoms with E-state index in [2.05, 4.69) is 29.8 Å². The SMILES string of the molecule is Cc1cnc(-c2nccnc2C[C@H]2CCCN(Cc3cncs3)C2)[nH]1. The summed E-state index contributed by atoms with van der Waals surface area (Å²) in [6.07, 6.45) is 10.8. The number of aromatic nitrogens is 5. The molecule has 130 valence electrons. The van der Waals surface area contributed by atoms with Crippen molar-refractivity contribution in [3.63, 3.8) is 0 Å². The van der Waals surface area contributed by atoms with Gasteiger partial charge in [-0.1, -0.05) is 0 Å². The summed E-state index contributed by atoms with van der Waals surface area (Å²) in [6.45, 7) is 5.28. The first-order valence-electron chi connectivity index (χ1n) is 8.69. The third kappa shape index (κ3) is 3.93. The van der Waals surface area contributed by atoms with Crippen LogP contribution in [-0.4, -0.2) is 42.9 Å². The summed E-state index contributed by atoms with van der Waals surface area (Å²) in [7, 11) is 0. The van der Waals surface area contributed by atoms with Crippen LogP contribution in [0.3, 0.4) is 0 Å². The molecule has 1 atom stereocenters. The van der Waals surface area contributed by atoms with Crippen molar-refractivity contribution in [2.45, 2.75) is 32.7 Å². The number of aryl methyl sites for hydroxylation is 1. The molecular weight excluding hydrogens is 332 g/mol. The lowest BCUT2D eigenvalue weighted by molar-refractivity contribution is 0.167. The number of nitrogens with one attached hydrogen (secondary N) is 1. The van der Waals surface area contributed by atoms with Gasteiger partial charge in [-0.3, -0.25) is 14.9 Å². The summed E-state index contributed by atoms with van der Waals surface area (Å²) in [5.41, 5.74) is 4.88. The lowest BCUT2D eigenvalue weighted by Crippen LogP contribution is -2.35. The van der Waals surface area contributed by atoms with Crippen LogP contribution in [0.5, 0.6) is 0 Å². The Morgan fingerprint density at radius 1 is 1.24 bits per heavy atom.